The summed E-state index contributed by atoms with van der Waals surface area (Å²) in [7, 11) is 1.71. The summed E-state index contributed by atoms with van der Waals surface area (Å²) >= 11 is 0. The molecule has 0 saturated heterocycles. The maximum absolute atomic E-state index is 5.05. The Morgan fingerprint density at radius 2 is 2.09 bits per heavy atom. The molecule has 2 rings (SSSR count). The number of rotatable bonds is 8. The molecular weight excluding hydrogens is 288 g/mol. The molecule has 5 nitrogen and oxygen atoms in total. The van der Waals surface area contributed by atoms with Gasteiger partial charge in [0.25, 0.3) is 0 Å². The lowest BCUT2D eigenvalue weighted by Gasteiger charge is -2.12. The van der Waals surface area contributed by atoms with E-state index in [4.69, 9.17) is 4.74 Å². The monoisotopic (exact) mass is 314 g/mol. The topological polar surface area (TPSA) is 58.5 Å². The molecule has 0 saturated carbocycles. The van der Waals surface area contributed by atoms with Gasteiger partial charge in [-0.1, -0.05) is 24.3 Å². The van der Waals surface area contributed by atoms with E-state index in [9.17, 15) is 0 Å². The van der Waals surface area contributed by atoms with Gasteiger partial charge >= 0.3 is 0 Å². The zero-order chi connectivity index (χ0) is 16.3. The highest BCUT2D eigenvalue weighted by Gasteiger charge is 2.02. The second-order valence-corrected chi connectivity index (χ2v) is 5.28. The van der Waals surface area contributed by atoms with Gasteiger partial charge in [0.15, 0.2) is 5.96 Å². The maximum atomic E-state index is 5.05. The molecular formula is C18H26N4O. The van der Waals surface area contributed by atoms with E-state index in [-0.39, 0.29) is 0 Å². The van der Waals surface area contributed by atoms with Crippen LogP contribution in [0.1, 0.15) is 18.9 Å². The van der Waals surface area contributed by atoms with Crippen LogP contribution in [0.3, 0.4) is 0 Å². The molecule has 124 valence electrons. The van der Waals surface area contributed by atoms with Crippen molar-refractivity contribution in [2.24, 2.45) is 4.99 Å². The average Bonchev–Trinajstić information content (AvgIpc) is 2.59. The number of fused-ring (bicyclic) bond motifs is 1. The highest BCUT2D eigenvalue weighted by Crippen LogP contribution is 2.15. The Morgan fingerprint density at radius 3 is 2.91 bits per heavy atom. The largest absolute Gasteiger partial charge is 0.385 e. The van der Waals surface area contributed by atoms with E-state index in [1.807, 2.05) is 12.3 Å². The number of aromatic nitrogens is 1. The molecule has 23 heavy (non-hydrogen) atoms. The van der Waals surface area contributed by atoms with Crippen molar-refractivity contribution in [2.75, 3.05) is 33.4 Å². The molecule has 0 aliphatic carbocycles. The molecule has 1 heterocycles. The van der Waals surface area contributed by atoms with Crippen molar-refractivity contribution in [3.63, 3.8) is 0 Å². The third-order valence-corrected chi connectivity index (χ3v) is 3.52. The van der Waals surface area contributed by atoms with Crippen LogP contribution in [0.5, 0.6) is 0 Å². The van der Waals surface area contributed by atoms with E-state index in [1.165, 1.54) is 10.9 Å². The first-order valence-electron chi connectivity index (χ1n) is 8.19. The minimum atomic E-state index is 0.741. The van der Waals surface area contributed by atoms with Crippen LogP contribution < -0.4 is 10.6 Å². The number of hydrogen-bond acceptors (Lipinski definition) is 3. The Bertz CT molecular complexity index is 622. The molecule has 2 aromatic rings. The Morgan fingerprint density at radius 1 is 1.22 bits per heavy atom. The second-order valence-electron chi connectivity index (χ2n) is 5.28. The van der Waals surface area contributed by atoms with Crippen molar-refractivity contribution < 1.29 is 4.74 Å². The van der Waals surface area contributed by atoms with Crippen LogP contribution in [0.2, 0.25) is 0 Å². The lowest BCUT2D eigenvalue weighted by Crippen LogP contribution is -2.38. The first-order valence-corrected chi connectivity index (χ1v) is 8.19. The van der Waals surface area contributed by atoms with E-state index in [1.54, 1.807) is 7.11 Å². The highest BCUT2D eigenvalue weighted by molar-refractivity contribution is 5.82. The number of aliphatic imine (C=N–C) groups is 1. The van der Waals surface area contributed by atoms with Crippen molar-refractivity contribution in [2.45, 2.75) is 19.8 Å². The third kappa shape index (κ3) is 5.53. The Labute approximate surface area is 138 Å². The fraction of sp³-hybridized carbons (Fsp3) is 0.444. The van der Waals surface area contributed by atoms with Gasteiger partial charge < -0.3 is 15.4 Å². The van der Waals surface area contributed by atoms with Crippen LogP contribution in [-0.2, 0) is 11.2 Å². The summed E-state index contributed by atoms with van der Waals surface area (Å²) in [6, 6.07) is 10.4. The highest BCUT2D eigenvalue weighted by atomic mass is 16.5. The number of nitrogens with zero attached hydrogens (tertiary/aromatic N) is 2. The van der Waals surface area contributed by atoms with Crippen LogP contribution in [0.25, 0.3) is 10.9 Å². The predicted molar refractivity (Wildman–Crippen MR) is 95.9 cm³/mol. The Kier molecular flexibility index (Phi) is 7.33. The number of ether oxygens (including phenoxy) is 1. The molecule has 0 amide bonds. The van der Waals surface area contributed by atoms with Crippen LogP contribution in [-0.4, -0.2) is 44.3 Å². The number of nitrogens with one attached hydrogen (secondary N) is 2. The van der Waals surface area contributed by atoms with Crippen LogP contribution in [0.15, 0.2) is 41.5 Å². The van der Waals surface area contributed by atoms with Gasteiger partial charge in [-0.05, 0) is 31.4 Å². The summed E-state index contributed by atoms with van der Waals surface area (Å²) in [5.41, 5.74) is 2.34. The molecule has 1 aromatic carbocycles. The van der Waals surface area contributed by atoms with Crippen LogP contribution in [0.4, 0.5) is 0 Å². The van der Waals surface area contributed by atoms with Gasteiger partial charge in [0.2, 0.25) is 0 Å². The summed E-state index contributed by atoms with van der Waals surface area (Å²) in [5, 5.41) is 7.83. The number of benzene rings is 1. The van der Waals surface area contributed by atoms with Gasteiger partial charge in [-0.3, -0.25) is 9.98 Å². The third-order valence-electron chi connectivity index (χ3n) is 3.52. The van der Waals surface area contributed by atoms with Crippen LogP contribution in [0, 0.1) is 0 Å². The van der Waals surface area contributed by atoms with Gasteiger partial charge in [0.1, 0.15) is 0 Å². The zero-order valence-corrected chi connectivity index (χ0v) is 14.0. The Hall–Kier alpha value is -2.14. The lowest BCUT2D eigenvalue weighted by molar-refractivity contribution is 0.197. The van der Waals surface area contributed by atoms with Gasteiger partial charge in [-0.15, -0.1) is 0 Å². The van der Waals surface area contributed by atoms with Crippen molar-refractivity contribution in [1.29, 1.82) is 0 Å². The second kappa shape index (κ2) is 9.79. The first kappa shape index (κ1) is 17.2. The van der Waals surface area contributed by atoms with Crippen molar-refractivity contribution in [3.8, 4) is 0 Å². The average molecular weight is 314 g/mol. The van der Waals surface area contributed by atoms with Crippen molar-refractivity contribution in [1.82, 2.24) is 15.6 Å². The standard InChI is InChI=1S/C18H26N4O/c1-3-19-18(21-12-6-14-23-2)22-13-10-16-8-4-7-15-9-5-11-20-17(15)16/h4-5,7-9,11H,3,6,10,12-14H2,1-2H3,(H2,19,21,22). The van der Waals surface area contributed by atoms with Gasteiger partial charge in [-0.2, -0.15) is 0 Å². The van der Waals surface area contributed by atoms with Gasteiger partial charge in [-0.25, -0.2) is 0 Å². The number of hydrogen-bond donors (Lipinski definition) is 2. The Balaban J connectivity index is 1.90. The smallest absolute Gasteiger partial charge is 0.191 e. The molecule has 0 atom stereocenters. The number of guanidine groups is 1. The molecule has 0 spiro atoms. The fourth-order valence-corrected chi connectivity index (χ4v) is 2.43. The van der Waals surface area contributed by atoms with E-state index in [2.05, 4.69) is 51.8 Å². The predicted octanol–water partition coefficient (Wildman–Crippen LogP) is 2.37. The normalized spacial score (nSPS) is 11.7. The summed E-state index contributed by atoms with van der Waals surface area (Å²) in [6.07, 6.45) is 3.69. The SMILES string of the molecule is CCNC(=NCCCOC)NCCc1cccc2cccnc12. The summed E-state index contributed by atoms with van der Waals surface area (Å²) in [4.78, 5) is 9.04. The maximum Gasteiger partial charge on any atom is 0.191 e. The molecule has 2 N–H and O–H groups in total. The molecule has 5 heteroatoms. The number of para-hydroxylation sites is 1. The molecule has 1 aromatic heterocycles. The van der Waals surface area contributed by atoms with Crippen molar-refractivity contribution >= 4 is 16.9 Å². The molecule has 0 unspecified atom stereocenters. The van der Waals surface area contributed by atoms with Gasteiger partial charge in [0, 0.05) is 44.9 Å². The molecule has 0 aliphatic heterocycles. The number of pyridine rings is 1. The minimum Gasteiger partial charge on any atom is -0.385 e. The molecule has 0 fully saturated rings. The van der Waals surface area contributed by atoms with E-state index in [0.717, 1.165) is 50.6 Å². The van der Waals surface area contributed by atoms with Crippen LogP contribution >= 0.6 is 0 Å². The first-order chi connectivity index (χ1) is 11.3. The quantitative estimate of drug-likeness (QED) is 0.446. The van der Waals surface area contributed by atoms with E-state index < -0.39 is 0 Å². The fourth-order valence-electron chi connectivity index (χ4n) is 2.43. The summed E-state index contributed by atoms with van der Waals surface area (Å²) in [5.74, 6) is 0.858. The summed E-state index contributed by atoms with van der Waals surface area (Å²) in [6.45, 7) is 5.25. The zero-order valence-electron chi connectivity index (χ0n) is 14.0. The number of methoxy groups -OCH3 is 1. The molecule has 0 radical (unpaired) electrons. The lowest BCUT2D eigenvalue weighted by atomic mass is 10.1. The minimum absolute atomic E-state index is 0.741. The molecule has 0 bridgehead atoms. The van der Waals surface area contributed by atoms with E-state index in [0.29, 0.717) is 0 Å². The molecule has 0 aliphatic rings. The van der Waals surface area contributed by atoms with Gasteiger partial charge in [0.05, 0.1) is 5.52 Å². The van der Waals surface area contributed by atoms with E-state index >= 15 is 0 Å². The summed E-state index contributed by atoms with van der Waals surface area (Å²) < 4.78 is 5.05. The van der Waals surface area contributed by atoms with Crippen molar-refractivity contribution in [3.05, 3.63) is 42.1 Å².